The Hall–Kier alpha value is -3.10. The lowest BCUT2D eigenvalue weighted by Gasteiger charge is -2.30. The van der Waals surface area contributed by atoms with E-state index in [2.05, 4.69) is 4.90 Å². The molecule has 2 unspecified atom stereocenters. The van der Waals surface area contributed by atoms with Crippen molar-refractivity contribution >= 4 is 17.5 Å². The highest BCUT2D eigenvalue weighted by Gasteiger charge is 2.51. The first-order valence-electron chi connectivity index (χ1n) is 11.1. The predicted octanol–water partition coefficient (Wildman–Crippen LogP) is 2.51. The van der Waals surface area contributed by atoms with E-state index in [4.69, 9.17) is 9.47 Å². The average Bonchev–Trinajstić information content (AvgIpc) is 3.10. The normalized spacial score (nSPS) is 21.5. The first-order chi connectivity index (χ1) is 16.0. The number of amides is 1. The molecule has 4 rings (SSSR count). The van der Waals surface area contributed by atoms with Crippen molar-refractivity contribution in [2.75, 3.05) is 46.5 Å². The van der Waals surface area contributed by atoms with Crippen LogP contribution in [0, 0.1) is 11.7 Å². The molecule has 2 atom stereocenters. The number of rotatable bonds is 8. The molecule has 2 aromatic rings. The van der Waals surface area contributed by atoms with Crippen LogP contribution >= 0.6 is 0 Å². The molecule has 2 saturated heterocycles. The number of carbonyl (C=O) groups is 3. The predicted molar refractivity (Wildman–Crippen MR) is 119 cm³/mol. The number of halogens is 1. The molecule has 2 aliphatic heterocycles. The number of likely N-dealkylation sites (tertiary alicyclic amines) is 1. The van der Waals surface area contributed by atoms with Gasteiger partial charge in [-0.05, 0) is 48.4 Å². The molecule has 8 heteroatoms. The molecule has 0 aromatic heterocycles. The van der Waals surface area contributed by atoms with Crippen LogP contribution in [0.25, 0.3) is 0 Å². The molecular formula is C25H27FN2O5. The molecule has 33 heavy (non-hydrogen) atoms. The van der Waals surface area contributed by atoms with Gasteiger partial charge in [0.25, 0.3) is 5.91 Å². The summed E-state index contributed by atoms with van der Waals surface area (Å²) in [5.41, 5.74) is 0.887. The van der Waals surface area contributed by atoms with Gasteiger partial charge >= 0.3 is 0 Å². The summed E-state index contributed by atoms with van der Waals surface area (Å²) in [7, 11) is 1.55. The molecule has 2 fully saturated rings. The van der Waals surface area contributed by atoms with Gasteiger partial charge in [0, 0.05) is 31.7 Å². The van der Waals surface area contributed by atoms with E-state index in [1.165, 1.54) is 29.2 Å². The van der Waals surface area contributed by atoms with Gasteiger partial charge in [-0.15, -0.1) is 0 Å². The minimum Gasteiger partial charge on any atom is -0.497 e. The Bertz CT molecular complexity index is 1000. The van der Waals surface area contributed by atoms with E-state index in [-0.39, 0.29) is 5.56 Å². The summed E-state index contributed by atoms with van der Waals surface area (Å²) in [6, 6.07) is 11.4. The first kappa shape index (κ1) is 23.1. The summed E-state index contributed by atoms with van der Waals surface area (Å²) in [6.07, 6.45) is 0.670. The number of Topliss-reactive ketones (excluding diaryl/α,β-unsaturated/α-hetero) is 2. The van der Waals surface area contributed by atoms with Crippen molar-refractivity contribution in [3.63, 3.8) is 0 Å². The molecule has 174 valence electrons. The van der Waals surface area contributed by atoms with E-state index >= 15 is 0 Å². The molecule has 1 amide bonds. The van der Waals surface area contributed by atoms with E-state index in [9.17, 15) is 18.8 Å². The summed E-state index contributed by atoms with van der Waals surface area (Å²) in [6.45, 7) is 4.16. The van der Waals surface area contributed by atoms with Gasteiger partial charge in [-0.25, -0.2) is 4.39 Å². The zero-order valence-corrected chi connectivity index (χ0v) is 18.5. The summed E-state index contributed by atoms with van der Waals surface area (Å²) in [4.78, 5) is 43.1. The zero-order valence-electron chi connectivity index (χ0n) is 18.5. The van der Waals surface area contributed by atoms with Gasteiger partial charge in [0.05, 0.1) is 26.4 Å². The van der Waals surface area contributed by atoms with Crippen LogP contribution in [0.5, 0.6) is 5.75 Å². The van der Waals surface area contributed by atoms with Crippen molar-refractivity contribution in [3.8, 4) is 5.75 Å². The highest BCUT2D eigenvalue weighted by Crippen LogP contribution is 2.38. The third kappa shape index (κ3) is 4.96. The smallest absolute Gasteiger partial charge is 0.291 e. The maximum absolute atomic E-state index is 13.4. The fourth-order valence-corrected chi connectivity index (χ4v) is 4.48. The lowest BCUT2D eigenvalue weighted by atomic mass is 9.86. The Morgan fingerprint density at radius 2 is 1.70 bits per heavy atom. The SMILES string of the molecule is COc1ccc(C2C(C(=O)c3ccc(F)cc3)C(=O)C(=O)N2CCCN2CCOCC2)cc1. The molecule has 2 aliphatic rings. The Balaban J connectivity index is 1.60. The van der Waals surface area contributed by atoms with Gasteiger partial charge in [-0.2, -0.15) is 0 Å². The number of hydrogen-bond acceptors (Lipinski definition) is 6. The van der Waals surface area contributed by atoms with Crippen molar-refractivity contribution < 1.29 is 28.2 Å². The largest absolute Gasteiger partial charge is 0.497 e. The van der Waals surface area contributed by atoms with Crippen LogP contribution in [-0.2, 0) is 14.3 Å². The third-order valence-electron chi connectivity index (χ3n) is 6.25. The van der Waals surface area contributed by atoms with Crippen LogP contribution in [-0.4, -0.2) is 73.8 Å². The monoisotopic (exact) mass is 454 g/mol. The van der Waals surface area contributed by atoms with Gasteiger partial charge in [0.15, 0.2) is 5.78 Å². The number of methoxy groups -OCH3 is 1. The molecular weight excluding hydrogens is 427 g/mol. The maximum atomic E-state index is 13.4. The Morgan fingerprint density at radius 3 is 2.33 bits per heavy atom. The molecule has 2 heterocycles. The van der Waals surface area contributed by atoms with Gasteiger partial charge in [-0.1, -0.05) is 12.1 Å². The van der Waals surface area contributed by atoms with E-state index in [1.54, 1.807) is 31.4 Å². The average molecular weight is 454 g/mol. The first-order valence-corrected chi connectivity index (χ1v) is 11.1. The Kier molecular flexibility index (Phi) is 7.15. The highest BCUT2D eigenvalue weighted by atomic mass is 19.1. The van der Waals surface area contributed by atoms with Crippen molar-refractivity contribution in [2.45, 2.75) is 12.5 Å². The minimum absolute atomic E-state index is 0.205. The van der Waals surface area contributed by atoms with E-state index in [0.29, 0.717) is 37.5 Å². The quantitative estimate of drug-likeness (QED) is 0.347. The number of ketones is 2. The molecule has 0 aliphatic carbocycles. The summed E-state index contributed by atoms with van der Waals surface area (Å²) < 4.78 is 24.0. The van der Waals surface area contributed by atoms with Crippen molar-refractivity contribution in [1.82, 2.24) is 9.80 Å². The zero-order chi connectivity index (χ0) is 23.4. The number of carbonyl (C=O) groups excluding carboxylic acids is 3. The van der Waals surface area contributed by atoms with Gasteiger partial charge in [0.2, 0.25) is 5.78 Å². The number of hydrogen-bond donors (Lipinski definition) is 0. The second kappa shape index (κ2) is 10.2. The molecule has 0 saturated carbocycles. The van der Waals surface area contributed by atoms with Crippen LogP contribution in [0.3, 0.4) is 0 Å². The fourth-order valence-electron chi connectivity index (χ4n) is 4.48. The minimum atomic E-state index is -1.18. The van der Waals surface area contributed by atoms with Crippen molar-refractivity contribution in [3.05, 3.63) is 65.5 Å². The Labute approximate surface area is 192 Å². The number of benzene rings is 2. The van der Waals surface area contributed by atoms with Crippen LogP contribution in [0.1, 0.15) is 28.4 Å². The van der Waals surface area contributed by atoms with Gasteiger partial charge in [0.1, 0.15) is 17.5 Å². The maximum Gasteiger partial charge on any atom is 0.291 e. The topological polar surface area (TPSA) is 76.2 Å². The standard InChI is InChI=1S/C25H27FN2O5/c1-32-20-9-5-17(6-10-20)22-21(23(29)18-3-7-19(26)8-4-18)24(30)25(31)28(22)12-2-11-27-13-15-33-16-14-27/h3-10,21-22H,2,11-16H2,1H3. The second-order valence-electron chi connectivity index (χ2n) is 8.24. The van der Waals surface area contributed by atoms with Crippen LogP contribution in [0.4, 0.5) is 4.39 Å². The third-order valence-corrected chi connectivity index (χ3v) is 6.25. The molecule has 7 nitrogen and oxygen atoms in total. The fraction of sp³-hybridized carbons (Fsp3) is 0.400. The summed E-state index contributed by atoms with van der Waals surface area (Å²) >= 11 is 0. The van der Waals surface area contributed by atoms with Crippen LogP contribution in [0.15, 0.2) is 48.5 Å². The van der Waals surface area contributed by atoms with E-state index < -0.39 is 35.3 Å². The molecule has 0 bridgehead atoms. The number of morpholine rings is 1. The van der Waals surface area contributed by atoms with Crippen molar-refractivity contribution in [2.24, 2.45) is 5.92 Å². The Morgan fingerprint density at radius 1 is 1.03 bits per heavy atom. The lowest BCUT2D eigenvalue weighted by molar-refractivity contribution is -0.140. The van der Waals surface area contributed by atoms with Crippen LogP contribution < -0.4 is 4.74 Å². The number of nitrogens with zero attached hydrogens (tertiary/aromatic N) is 2. The van der Waals surface area contributed by atoms with Crippen molar-refractivity contribution in [1.29, 1.82) is 0 Å². The number of ether oxygens (including phenoxy) is 2. The second-order valence-corrected chi connectivity index (χ2v) is 8.24. The molecule has 0 N–H and O–H groups in total. The highest BCUT2D eigenvalue weighted by molar-refractivity contribution is 6.44. The van der Waals surface area contributed by atoms with E-state index in [0.717, 1.165) is 19.6 Å². The molecule has 2 aromatic carbocycles. The lowest BCUT2D eigenvalue weighted by Crippen LogP contribution is -2.39. The summed E-state index contributed by atoms with van der Waals surface area (Å²) in [5.74, 6) is -2.88. The summed E-state index contributed by atoms with van der Waals surface area (Å²) in [5, 5.41) is 0. The molecule has 0 spiro atoms. The van der Waals surface area contributed by atoms with Crippen LogP contribution in [0.2, 0.25) is 0 Å². The molecule has 0 radical (unpaired) electrons. The van der Waals surface area contributed by atoms with E-state index in [1.807, 2.05) is 0 Å². The van der Waals surface area contributed by atoms with Gasteiger partial charge in [-0.3, -0.25) is 19.3 Å². The van der Waals surface area contributed by atoms with Gasteiger partial charge < -0.3 is 14.4 Å².